The summed E-state index contributed by atoms with van der Waals surface area (Å²) in [5.41, 5.74) is 0.0950. The van der Waals surface area contributed by atoms with Gasteiger partial charge in [-0.3, -0.25) is 24.5 Å². The molecule has 3 atom stereocenters. The molecule has 0 amide bonds. The maximum Gasteiger partial charge on any atom is 0.307 e. The van der Waals surface area contributed by atoms with Gasteiger partial charge in [-0.2, -0.15) is 0 Å². The number of esters is 1. The topological polar surface area (TPSA) is 104 Å². The fraction of sp³-hybridized carbons (Fsp3) is 0.421. The van der Waals surface area contributed by atoms with Gasteiger partial charge in [0.1, 0.15) is 11.7 Å². The molecule has 1 fully saturated rings. The van der Waals surface area contributed by atoms with Crippen molar-refractivity contribution in [1.82, 2.24) is 0 Å². The molecule has 27 heavy (non-hydrogen) atoms. The molecule has 1 aromatic carbocycles. The molecule has 142 valence electrons. The van der Waals surface area contributed by atoms with Gasteiger partial charge < -0.3 is 4.74 Å². The number of Topliss-reactive ketones (excluding diaryl/α,β-unsaturated/α-hetero) is 2. The third-order valence-corrected chi connectivity index (χ3v) is 5.50. The van der Waals surface area contributed by atoms with E-state index in [9.17, 15) is 24.5 Å². The lowest BCUT2D eigenvalue weighted by Gasteiger charge is -2.32. The number of rotatable bonds is 4. The summed E-state index contributed by atoms with van der Waals surface area (Å²) in [6, 6.07) is 3.66. The van der Waals surface area contributed by atoms with Crippen molar-refractivity contribution in [3.8, 4) is 0 Å². The lowest BCUT2D eigenvalue weighted by atomic mass is 9.72. The number of nitro groups is 1. The Morgan fingerprint density at radius 3 is 2.67 bits per heavy atom. The molecule has 1 aromatic rings. The minimum atomic E-state index is -1.35. The van der Waals surface area contributed by atoms with Crippen LogP contribution in [-0.4, -0.2) is 22.5 Å². The number of hydrogen-bond donors (Lipinski definition) is 0. The van der Waals surface area contributed by atoms with Gasteiger partial charge in [0.2, 0.25) is 0 Å². The van der Waals surface area contributed by atoms with Crippen LogP contribution in [0.25, 0.3) is 0 Å². The van der Waals surface area contributed by atoms with Crippen molar-refractivity contribution in [2.24, 2.45) is 17.8 Å². The largest absolute Gasteiger partial charge is 0.430 e. The number of hydrogen-bond acceptors (Lipinski definition) is 6. The minimum Gasteiger partial charge on any atom is -0.430 e. The molecule has 0 bridgehead atoms. The summed E-state index contributed by atoms with van der Waals surface area (Å²) in [6.45, 7) is 2.95. The third kappa shape index (κ3) is 3.39. The van der Waals surface area contributed by atoms with Crippen LogP contribution in [0, 0.1) is 27.9 Å². The van der Waals surface area contributed by atoms with Crippen LogP contribution >= 0.6 is 11.6 Å². The number of carbonyl (C=O) groups excluding carboxylic acids is 3. The molecule has 0 saturated heterocycles. The average Bonchev–Trinajstić information content (AvgIpc) is 3.08. The van der Waals surface area contributed by atoms with Crippen molar-refractivity contribution in [1.29, 1.82) is 0 Å². The summed E-state index contributed by atoms with van der Waals surface area (Å²) < 4.78 is 5.31. The Morgan fingerprint density at radius 2 is 2.04 bits per heavy atom. The zero-order chi connectivity index (χ0) is 19.9. The van der Waals surface area contributed by atoms with E-state index in [0.29, 0.717) is 6.42 Å². The van der Waals surface area contributed by atoms with Crippen LogP contribution in [-0.2, 0) is 14.3 Å². The van der Waals surface area contributed by atoms with Gasteiger partial charge >= 0.3 is 5.97 Å². The molecule has 8 heteroatoms. The van der Waals surface area contributed by atoms with Crippen LogP contribution in [0.2, 0.25) is 5.02 Å². The predicted molar refractivity (Wildman–Crippen MR) is 96.2 cm³/mol. The van der Waals surface area contributed by atoms with E-state index in [1.165, 1.54) is 19.1 Å². The maximum absolute atomic E-state index is 13.2. The lowest BCUT2D eigenvalue weighted by molar-refractivity contribution is -0.385. The van der Waals surface area contributed by atoms with Crippen LogP contribution in [0.5, 0.6) is 0 Å². The Bertz CT molecular complexity index is 890. The Labute approximate surface area is 160 Å². The van der Waals surface area contributed by atoms with Crippen LogP contribution in [0.1, 0.15) is 43.5 Å². The Kier molecular flexibility index (Phi) is 5.15. The molecule has 0 spiro atoms. The molecule has 1 saturated carbocycles. The number of allylic oxidation sites excluding steroid dienone is 2. The first-order valence-corrected chi connectivity index (χ1v) is 9.03. The first kappa shape index (κ1) is 19.2. The smallest absolute Gasteiger partial charge is 0.307 e. The van der Waals surface area contributed by atoms with Gasteiger partial charge in [-0.05, 0) is 42.9 Å². The van der Waals surface area contributed by atoms with E-state index in [0.717, 1.165) is 24.5 Å². The van der Waals surface area contributed by atoms with Crippen molar-refractivity contribution in [3.05, 3.63) is 50.2 Å². The van der Waals surface area contributed by atoms with Gasteiger partial charge in [-0.25, -0.2) is 0 Å². The zero-order valence-electron chi connectivity index (χ0n) is 14.9. The quantitative estimate of drug-likeness (QED) is 0.253. The van der Waals surface area contributed by atoms with E-state index in [4.69, 9.17) is 16.3 Å². The summed E-state index contributed by atoms with van der Waals surface area (Å²) in [4.78, 5) is 48.4. The molecular formula is C19H18ClNO6. The number of halogens is 1. The SMILES string of the molecule is CC(=O)OC1=C2CCCC2C(C)C(=O)C1C(=O)c1ccc(Cl)cc1[N+](=O)[O-]. The number of benzene rings is 1. The highest BCUT2D eigenvalue weighted by Gasteiger charge is 2.48. The van der Waals surface area contributed by atoms with E-state index >= 15 is 0 Å². The number of nitrogens with zero attached hydrogens (tertiary/aromatic N) is 1. The van der Waals surface area contributed by atoms with E-state index in [1.54, 1.807) is 6.92 Å². The van der Waals surface area contributed by atoms with Crippen molar-refractivity contribution in [3.63, 3.8) is 0 Å². The molecule has 3 rings (SSSR count). The van der Waals surface area contributed by atoms with Crippen LogP contribution < -0.4 is 0 Å². The van der Waals surface area contributed by atoms with Crippen molar-refractivity contribution in [2.75, 3.05) is 0 Å². The Morgan fingerprint density at radius 1 is 1.33 bits per heavy atom. The number of carbonyl (C=O) groups is 3. The molecule has 3 unspecified atom stereocenters. The Hall–Kier alpha value is -2.54. The minimum absolute atomic E-state index is 0.0577. The summed E-state index contributed by atoms with van der Waals surface area (Å²) in [6.07, 6.45) is 2.26. The van der Waals surface area contributed by atoms with Gasteiger partial charge in [0.25, 0.3) is 5.69 Å². The number of fused-ring (bicyclic) bond motifs is 1. The highest BCUT2D eigenvalue weighted by atomic mass is 35.5. The van der Waals surface area contributed by atoms with Gasteiger partial charge in [-0.1, -0.05) is 18.5 Å². The standard InChI is InChI=1S/C19H18ClNO6/c1-9-12-4-3-5-13(12)19(27-10(2)22)16(17(9)23)18(24)14-7-6-11(20)8-15(14)21(25)26/h6-9,12,16H,3-5H2,1-2H3. The Balaban J connectivity index is 2.14. The summed E-state index contributed by atoms with van der Waals surface area (Å²) >= 11 is 5.81. The third-order valence-electron chi connectivity index (χ3n) is 5.26. The van der Waals surface area contributed by atoms with Crippen LogP contribution in [0.4, 0.5) is 5.69 Å². The molecule has 0 aliphatic heterocycles. The molecule has 2 aliphatic rings. The molecule has 0 heterocycles. The van der Waals surface area contributed by atoms with Crippen molar-refractivity contribution >= 4 is 34.8 Å². The molecule has 0 N–H and O–H groups in total. The zero-order valence-corrected chi connectivity index (χ0v) is 15.6. The van der Waals surface area contributed by atoms with Crippen molar-refractivity contribution in [2.45, 2.75) is 33.1 Å². The summed E-state index contributed by atoms with van der Waals surface area (Å²) in [5, 5.41) is 11.5. The number of nitro benzene ring substituents is 1. The lowest BCUT2D eigenvalue weighted by Crippen LogP contribution is -2.40. The summed E-state index contributed by atoms with van der Waals surface area (Å²) in [7, 11) is 0. The maximum atomic E-state index is 13.2. The second-order valence-electron chi connectivity index (χ2n) is 6.89. The monoisotopic (exact) mass is 391 g/mol. The van der Waals surface area contributed by atoms with Gasteiger partial charge in [0, 0.05) is 23.9 Å². The van der Waals surface area contributed by atoms with Crippen LogP contribution in [0.15, 0.2) is 29.5 Å². The van der Waals surface area contributed by atoms with Gasteiger partial charge in [0.05, 0.1) is 10.5 Å². The highest BCUT2D eigenvalue weighted by molar-refractivity contribution is 6.31. The van der Waals surface area contributed by atoms with E-state index < -0.39 is 34.2 Å². The van der Waals surface area contributed by atoms with Gasteiger partial charge in [0.15, 0.2) is 11.6 Å². The predicted octanol–water partition coefficient (Wildman–Crippen LogP) is 3.88. The molecule has 2 aliphatic carbocycles. The van der Waals surface area contributed by atoms with E-state index in [2.05, 4.69) is 0 Å². The molecular weight excluding hydrogens is 374 g/mol. The second-order valence-corrected chi connectivity index (χ2v) is 7.33. The molecule has 7 nitrogen and oxygen atoms in total. The van der Waals surface area contributed by atoms with Crippen LogP contribution in [0.3, 0.4) is 0 Å². The summed E-state index contributed by atoms with van der Waals surface area (Å²) in [5.74, 6) is -3.52. The van der Waals surface area contributed by atoms with E-state index in [-0.39, 0.29) is 28.0 Å². The second kappa shape index (κ2) is 7.23. The van der Waals surface area contributed by atoms with Gasteiger partial charge in [-0.15, -0.1) is 0 Å². The number of ketones is 2. The molecule has 0 aromatic heterocycles. The first-order chi connectivity index (χ1) is 12.7. The average molecular weight is 392 g/mol. The highest BCUT2D eigenvalue weighted by Crippen LogP contribution is 2.47. The normalized spacial score (nSPS) is 24.6. The molecule has 0 radical (unpaired) electrons. The van der Waals surface area contributed by atoms with E-state index in [1.807, 2.05) is 0 Å². The fourth-order valence-corrected chi connectivity index (χ4v) is 4.22. The fourth-order valence-electron chi connectivity index (χ4n) is 4.05. The first-order valence-electron chi connectivity index (χ1n) is 8.65. The number of ether oxygens (including phenoxy) is 1. The van der Waals surface area contributed by atoms with Crippen molar-refractivity contribution < 1.29 is 24.0 Å².